The molecule has 1 aromatic carbocycles. The predicted molar refractivity (Wildman–Crippen MR) is 95.2 cm³/mol. The number of para-hydroxylation sites is 2. The maximum atomic E-state index is 12.4. The molecule has 1 aliphatic heterocycles. The molecule has 25 heavy (non-hydrogen) atoms. The first-order chi connectivity index (χ1) is 12.2. The lowest BCUT2D eigenvalue weighted by Gasteiger charge is -2.21. The molecule has 2 aromatic rings. The Morgan fingerprint density at radius 3 is 2.60 bits per heavy atom. The Hall–Kier alpha value is -2.68. The van der Waals surface area contributed by atoms with E-state index in [2.05, 4.69) is 16.0 Å². The van der Waals surface area contributed by atoms with E-state index >= 15 is 0 Å². The molecule has 0 amide bonds. The van der Waals surface area contributed by atoms with Crippen LogP contribution in [0.2, 0.25) is 0 Å². The van der Waals surface area contributed by atoms with Crippen LogP contribution < -0.4 is 4.90 Å². The first kappa shape index (κ1) is 17.2. The molecular weight excluding hydrogens is 316 g/mol. The second-order valence-electron chi connectivity index (χ2n) is 6.20. The normalized spacial score (nSPS) is 15.1. The predicted octanol–water partition coefficient (Wildman–Crippen LogP) is 3.18. The number of anilines is 1. The third kappa shape index (κ3) is 3.71. The highest BCUT2D eigenvalue weighted by Crippen LogP contribution is 2.30. The van der Waals surface area contributed by atoms with Gasteiger partial charge in [-0.2, -0.15) is 5.26 Å². The second-order valence-corrected chi connectivity index (χ2v) is 6.20. The Balaban J connectivity index is 2.00. The number of carbonyl (C=O) groups excluding carboxylic acids is 1. The molecule has 6 nitrogen and oxygen atoms in total. The van der Waals surface area contributed by atoms with E-state index in [1.54, 1.807) is 0 Å². The highest BCUT2D eigenvalue weighted by atomic mass is 16.5. The molecule has 1 saturated heterocycles. The van der Waals surface area contributed by atoms with Crippen molar-refractivity contribution in [2.75, 3.05) is 24.6 Å². The molecule has 0 aliphatic carbocycles. The van der Waals surface area contributed by atoms with Gasteiger partial charge in [-0.15, -0.1) is 0 Å². The van der Waals surface area contributed by atoms with Gasteiger partial charge in [0.15, 0.2) is 11.7 Å². The number of nitriles is 1. The van der Waals surface area contributed by atoms with E-state index in [0.29, 0.717) is 23.6 Å². The van der Waals surface area contributed by atoms with Crippen molar-refractivity contribution in [3.63, 3.8) is 0 Å². The summed E-state index contributed by atoms with van der Waals surface area (Å²) in [5.74, 6) is -0.958. The van der Waals surface area contributed by atoms with Crippen LogP contribution in [0.3, 0.4) is 0 Å². The van der Waals surface area contributed by atoms with Crippen molar-refractivity contribution in [2.24, 2.45) is 0 Å². The Bertz CT molecular complexity index is 794. The quantitative estimate of drug-likeness (QED) is 0.594. The minimum Gasteiger partial charge on any atom is -0.464 e. The van der Waals surface area contributed by atoms with Crippen molar-refractivity contribution in [1.29, 1.82) is 5.26 Å². The largest absolute Gasteiger partial charge is 0.464 e. The molecule has 0 bridgehead atoms. The number of benzene rings is 1. The number of aromatic nitrogens is 2. The van der Waals surface area contributed by atoms with Gasteiger partial charge in [-0.25, -0.2) is 9.97 Å². The first-order valence-electron chi connectivity index (χ1n) is 8.82. The van der Waals surface area contributed by atoms with E-state index in [9.17, 15) is 10.1 Å². The molecule has 6 heteroatoms. The molecule has 1 aromatic heterocycles. The fraction of sp³-hybridized carbons (Fsp3) is 0.474. The van der Waals surface area contributed by atoms with Crippen molar-refractivity contribution >= 4 is 22.8 Å². The van der Waals surface area contributed by atoms with E-state index in [4.69, 9.17) is 9.72 Å². The van der Waals surface area contributed by atoms with Crippen LogP contribution in [-0.4, -0.2) is 35.6 Å². The molecular formula is C19H22N4O2. The maximum Gasteiger partial charge on any atom is 0.329 e. The van der Waals surface area contributed by atoms with Crippen molar-refractivity contribution in [2.45, 2.75) is 38.5 Å². The second kappa shape index (κ2) is 7.93. The van der Waals surface area contributed by atoms with Gasteiger partial charge in [-0.3, -0.25) is 4.79 Å². The van der Waals surface area contributed by atoms with Gasteiger partial charge in [-0.1, -0.05) is 25.5 Å². The van der Waals surface area contributed by atoms with E-state index < -0.39 is 11.9 Å². The van der Waals surface area contributed by atoms with Crippen LogP contribution in [0.4, 0.5) is 5.82 Å². The van der Waals surface area contributed by atoms with Crippen LogP contribution in [0.25, 0.3) is 11.0 Å². The summed E-state index contributed by atoms with van der Waals surface area (Å²) in [7, 11) is 0. The minimum absolute atomic E-state index is 0.327. The standard InChI is InChI=1S/C19H22N4O2/c1-2-3-12-25-19(24)14(13-20)17-18(23-10-6-7-11-23)22-16-9-5-4-8-15(16)21-17/h4-5,8-9,14H,2-3,6-7,10-12H2,1H3/t14-/m0/s1. The highest BCUT2D eigenvalue weighted by Gasteiger charge is 2.30. The van der Waals surface area contributed by atoms with Crippen molar-refractivity contribution in [3.05, 3.63) is 30.0 Å². The number of hydrogen-bond donors (Lipinski definition) is 0. The third-order valence-electron chi connectivity index (χ3n) is 4.36. The monoisotopic (exact) mass is 338 g/mol. The Morgan fingerprint density at radius 1 is 1.28 bits per heavy atom. The van der Waals surface area contributed by atoms with Gasteiger partial charge in [0.2, 0.25) is 0 Å². The molecule has 3 rings (SSSR count). The molecule has 0 N–H and O–H groups in total. The zero-order valence-electron chi connectivity index (χ0n) is 14.4. The fourth-order valence-electron chi connectivity index (χ4n) is 2.99. The zero-order chi connectivity index (χ0) is 17.6. The number of unbranched alkanes of at least 4 members (excludes halogenated alkanes) is 1. The number of esters is 1. The lowest BCUT2D eigenvalue weighted by atomic mass is 10.1. The summed E-state index contributed by atoms with van der Waals surface area (Å²) in [5, 5.41) is 9.61. The van der Waals surface area contributed by atoms with Crippen molar-refractivity contribution < 1.29 is 9.53 Å². The third-order valence-corrected chi connectivity index (χ3v) is 4.36. The van der Waals surface area contributed by atoms with Gasteiger partial charge in [0, 0.05) is 13.1 Å². The number of fused-ring (bicyclic) bond motifs is 1. The average Bonchev–Trinajstić information content (AvgIpc) is 3.16. The summed E-state index contributed by atoms with van der Waals surface area (Å²) in [6, 6.07) is 9.59. The average molecular weight is 338 g/mol. The molecule has 0 radical (unpaired) electrons. The number of ether oxygens (including phenoxy) is 1. The number of rotatable bonds is 6. The smallest absolute Gasteiger partial charge is 0.329 e. The summed E-state index contributed by atoms with van der Waals surface area (Å²) in [4.78, 5) is 23.9. The van der Waals surface area contributed by atoms with E-state index in [1.165, 1.54) is 0 Å². The van der Waals surface area contributed by atoms with E-state index in [-0.39, 0.29) is 0 Å². The van der Waals surface area contributed by atoms with Crippen LogP contribution in [0.15, 0.2) is 24.3 Å². The summed E-state index contributed by atoms with van der Waals surface area (Å²) < 4.78 is 5.27. The summed E-state index contributed by atoms with van der Waals surface area (Å²) in [6.07, 6.45) is 3.86. The van der Waals surface area contributed by atoms with Gasteiger partial charge in [-0.05, 0) is 31.4 Å². The minimum atomic E-state index is -1.05. The molecule has 0 saturated carbocycles. The molecule has 1 aliphatic rings. The molecule has 1 fully saturated rings. The molecule has 2 heterocycles. The van der Waals surface area contributed by atoms with Gasteiger partial charge >= 0.3 is 5.97 Å². The van der Waals surface area contributed by atoms with Gasteiger partial charge in [0.25, 0.3) is 0 Å². The summed E-state index contributed by atoms with van der Waals surface area (Å²) in [6.45, 7) is 4.08. The molecule has 130 valence electrons. The number of hydrogen-bond acceptors (Lipinski definition) is 6. The lowest BCUT2D eigenvalue weighted by Crippen LogP contribution is -2.25. The topological polar surface area (TPSA) is 79.1 Å². The van der Waals surface area contributed by atoms with Gasteiger partial charge in [0.1, 0.15) is 5.69 Å². The van der Waals surface area contributed by atoms with Crippen molar-refractivity contribution in [1.82, 2.24) is 9.97 Å². The van der Waals surface area contributed by atoms with Crippen LogP contribution in [0.1, 0.15) is 44.2 Å². The highest BCUT2D eigenvalue weighted by molar-refractivity contribution is 5.85. The summed E-state index contributed by atoms with van der Waals surface area (Å²) >= 11 is 0. The number of carbonyl (C=O) groups is 1. The van der Waals surface area contributed by atoms with Crippen LogP contribution in [0, 0.1) is 11.3 Å². The maximum absolute atomic E-state index is 12.4. The zero-order valence-corrected chi connectivity index (χ0v) is 14.4. The summed E-state index contributed by atoms with van der Waals surface area (Å²) in [5.41, 5.74) is 1.86. The first-order valence-corrected chi connectivity index (χ1v) is 8.82. The fourth-order valence-corrected chi connectivity index (χ4v) is 2.99. The Labute approximate surface area is 147 Å². The van der Waals surface area contributed by atoms with E-state index in [1.807, 2.05) is 31.2 Å². The van der Waals surface area contributed by atoms with Crippen LogP contribution in [0.5, 0.6) is 0 Å². The Kier molecular flexibility index (Phi) is 5.44. The van der Waals surface area contributed by atoms with Crippen molar-refractivity contribution in [3.8, 4) is 6.07 Å². The molecule has 0 unspecified atom stereocenters. The van der Waals surface area contributed by atoms with E-state index in [0.717, 1.165) is 44.3 Å². The number of nitrogens with zero attached hydrogens (tertiary/aromatic N) is 4. The lowest BCUT2D eigenvalue weighted by molar-refractivity contribution is -0.144. The molecule has 1 atom stereocenters. The van der Waals surface area contributed by atoms with Crippen LogP contribution >= 0.6 is 0 Å². The molecule has 0 spiro atoms. The Morgan fingerprint density at radius 2 is 1.96 bits per heavy atom. The SMILES string of the molecule is CCCCOC(=O)[C@@H](C#N)c1nc2ccccc2nc1N1CCCC1. The van der Waals surface area contributed by atoms with Gasteiger partial charge < -0.3 is 9.64 Å². The van der Waals surface area contributed by atoms with Gasteiger partial charge in [0.05, 0.1) is 23.7 Å². The van der Waals surface area contributed by atoms with Crippen LogP contribution in [-0.2, 0) is 9.53 Å².